The van der Waals surface area contributed by atoms with E-state index in [2.05, 4.69) is 79.8 Å². The molecule has 0 aliphatic carbocycles. The number of halogens is 1. The molecule has 0 aromatic heterocycles. The lowest BCUT2D eigenvalue weighted by atomic mass is 9.75. The number of ketones is 1. The Morgan fingerprint density at radius 1 is 0.960 bits per heavy atom. The van der Waals surface area contributed by atoms with Crippen molar-refractivity contribution in [3.8, 4) is 0 Å². The first-order chi connectivity index (χ1) is 10.9. The Morgan fingerprint density at radius 2 is 1.44 bits per heavy atom. The fourth-order valence-corrected chi connectivity index (χ4v) is 3.73. The van der Waals surface area contributed by atoms with Crippen molar-refractivity contribution in [1.82, 2.24) is 8.43 Å². The highest BCUT2D eigenvalue weighted by molar-refractivity contribution is 14.1. The largest absolute Gasteiger partial charge is 0.351 e. The zero-order valence-corrected chi connectivity index (χ0v) is 20.1. The summed E-state index contributed by atoms with van der Waals surface area (Å²) in [5.41, 5.74) is -0.756. The second-order valence-corrected chi connectivity index (χ2v) is 11.7. The zero-order chi connectivity index (χ0) is 20.3. The standard InChI is InChI=1S/C20H39IN2O2/c1-15(24)13-20(9,10)23(21)12-11-19(7,8)22-16(25)18(5,6)14-17(2,3)4/h11-14H2,1-10H3,(H,22,25). The van der Waals surface area contributed by atoms with E-state index < -0.39 is 5.41 Å². The van der Waals surface area contributed by atoms with Gasteiger partial charge in [-0.1, -0.05) is 34.6 Å². The van der Waals surface area contributed by atoms with Gasteiger partial charge in [0.25, 0.3) is 0 Å². The molecule has 1 amide bonds. The minimum absolute atomic E-state index is 0.107. The highest BCUT2D eigenvalue weighted by Gasteiger charge is 2.36. The fourth-order valence-electron chi connectivity index (χ4n) is 3.32. The minimum Gasteiger partial charge on any atom is -0.351 e. The summed E-state index contributed by atoms with van der Waals surface area (Å²) in [7, 11) is 0. The molecule has 0 aromatic carbocycles. The van der Waals surface area contributed by atoms with Gasteiger partial charge in [-0.25, -0.2) is 3.11 Å². The smallest absolute Gasteiger partial charge is 0.226 e. The van der Waals surface area contributed by atoms with E-state index in [0.29, 0.717) is 6.42 Å². The summed E-state index contributed by atoms with van der Waals surface area (Å²) in [6.45, 7) is 21.3. The SMILES string of the molecule is CC(=O)CC(C)(C)N(I)CCC(C)(C)NC(=O)C(C)(C)CC(C)(C)C. The predicted octanol–water partition coefficient (Wildman–Crippen LogP) is 5.14. The van der Waals surface area contributed by atoms with E-state index in [0.717, 1.165) is 19.4 Å². The first kappa shape index (κ1) is 24.8. The topological polar surface area (TPSA) is 49.4 Å². The van der Waals surface area contributed by atoms with Crippen molar-refractivity contribution in [3.63, 3.8) is 0 Å². The highest BCUT2D eigenvalue weighted by Crippen LogP contribution is 2.34. The van der Waals surface area contributed by atoms with Gasteiger partial charge in [-0.2, -0.15) is 0 Å². The number of carbonyl (C=O) groups excluding carboxylic acids is 2. The Balaban J connectivity index is 4.78. The highest BCUT2D eigenvalue weighted by atomic mass is 127. The maximum absolute atomic E-state index is 12.8. The summed E-state index contributed by atoms with van der Waals surface area (Å²) >= 11 is 2.29. The van der Waals surface area contributed by atoms with Gasteiger partial charge in [-0.15, -0.1) is 0 Å². The van der Waals surface area contributed by atoms with Crippen LogP contribution in [0.25, 0.3) is 0 Å². The Kier molecular flexibility index (Phi) is 8.62. The van der Waals surface area contributed by atoms with Gasteiger partial charge in [-0.3, -0.25) is 9.59 Å². The molecule has 1 N–H and O–H groups in total. The molecule has 0 unspecified atom stereocenters. The second-order valence-electron chi connectivity index (χ2n) is 10.5. The van der Waals surface area contributed by atoms with Crippen molar-refractivity contribution < 1.29 is 9.59 Å². The van der Waals surface area contributed by atoms with Crippen LogP contribution in [0.2, 0.25) is 0 Å². The molecule has 0 heterocycles. The fraction of sp³-hybridized carbons (Fsp3) is 0.900. The molecule has 0 radical (unpaired) electrons. The quantitative estimate of drug-likeness (QED) is 0.378. The summed E-state index contributed by atoms with van der Waals surface area (Å²) in [6, 6.07) is 0. The van der Waals surface area contributed by atoms with Gasteiger partial charge in [-0.05, 0) is 52.9 Å². The van der Waals surface area contributed by atoms with E-state index in [-0.39, 0.29) is 28.2 Å². The summed E-state index contributed by atoms with van der Waals surface area (Å²) in [4.78, 5) is 24.2. The van der Waals surface area contributed by atoms with Gasteiger partial charge in [0.1, 0.15) is 5.78 Å². The molecular weight excluding hydrogens is 427 g/mol. The first-order valence-corrected chi connectivity index (χ1v) is 10.1. The van der Waals surface area contributed by atoms with E-state index in [1.165, 1.54) is 0 Å². The lowest BCUT2D eigenvalue weighted by molar-refractivity contribution is -0.132. The number of hydrogen-bond acceptors (Lipinski definition) is 3. The minimum atomic E-state index is -0.395. The molecule has 0 aliphatic heterocycles. The van der Waals surface area contributed by atoms with Crippen molar-refractivity contribution in [2.75, 3.05) is 6.54 Å². The molecule has 25 heavy (non-hydrogen) atoms. The van der Waals surface area contributed by atoms with Gasteiger partial charge in [0.05, 0.1) is 0 Å². The van der Waals surface area contributed by atoms with Crippen LogP contribution in [0.3, 0.4) is 0 Å². The van der Waals surface area contributed by atoms with Crippen molar-refractivity contribution in [1.29, 1.82) is 0 Å². The van der Waals surface area contributed by atoms with Gasteiger partial charge in [0.2, 0.25) is 5.91 Å². The summed E-state index contributed by atoms with van der Waals surface area (Å²) in [5.74, 6) is 0.304. The summed E-state index contributed by atoms with van der Waals surface area (Å²) in [6.07, 6.45) is 2.20. The molecule has 0 saturated heterocycles. The van der Waals surface area contributed by atoms with Crippen molar-refractivity contribution in [2.24, 2.45) is 10.8 Å². The molecule has 5 heteroatoms. The molecule has 0 atom stereocenters. The number of nitrogens with one attached hydrogen (secondary N) is 1. The monoisotopic (exact) mass is 466 g/mol. The van der Waals surface area contributed by atoms with Gasteiger partial charge >= 0.3 is 0 Å². The van der Waals surface area contributed by atoms with Crippen molar-refractivity contribution in [2.45, 2.75) is 99.6 Å². The van der Waals surface area contributed by atoms with Crippen LogP contribution >= 0.6 is 22.9 Å². The number of amides is 1. The van der Waals surface area contributed by atoms with Crippen molar-refractivity contribution in [3.05, 3.63) is 0 Å². The zero-order valence-electron chi connectivity index (χ0n) is 18.0. The normalized spacial score (nSPS) is 13.9. The van der Waals surface area contributed by atoms with Crippen molar-refractivity contribution >= 4 is 34.6 Å². The Labute approximate surface area is 169 Å². The molecule has 0 aromatic rings. The second kappa shape index (κ2) is 8.68. The Bertz CT molecular complexity index is 477. The molecule has 4 nitrogen and oxygen atoms in total. The Morgan fingerprint density at radius 3 is 1.84 bits per heavy atom. The maximum atomic E-state index is 12.8. The van der Waals surface area contributed by atoms with Crippen LogP contribution in [0.4, 0.5) is 0 Å². The molecule has 0 bridgehead atoms. The summed E-state index contributed by atoms with van der Waals surface area (Å²) in [5, 5.41) is 3.23. The lowest BCUT2D eigenvalue weighted by Gasteiger charge is -2.38. The molecular formula is C20H39IN2O2. The van der Waals surface area contributed by atoms with E-state index in [1.54, 1.807) is 6.92 Å². The van der Waals surface area contributed by atoms with E-state index >= 15 is 0 Å². The Hall–Kier alpha value is -0.170. The molecule has 0 rings (SSSR count). The number of carbonyl (C=O) groups is 2. The summed E-state index contributed by atoms with van der Waals surface area (Å²) < 4.78 is 2.18. The third kappa shape index (κ3) is 9.92. The van der Waals surface area contributed by atoms with Crippen LogP contribution in [0.1, 0.15) is 88.5 Å². The van der Waals surface area contributed by atoms with Crippen LogP contribution in [0.15, 0.2) is 0 Å². The van der Waals surface area contributed by atoms with E-state index in [1.807, 2.05) is 13.8 Å². The molecule has 0 aliphatic rings. The third-order valence-corrected chi connectivity index (χ3v) is 6.10. The van der Waals surface area contributed by atoms with Crippen LogP contribution in [0.5, 0.6) is 0 Å². The average Bonchev–Trinajstić information content (AvgIpc) is 2.30. The number of nitrogens with zero attached hydrogens (tertiary/aromatic N) is 1. The van der Waals surface area contributed by atoms with Gasteiger partial charge in [0.15, 0.2) is 0 Å². The van der Waals surface area contributed by atoms with Crippen LogP contribution in [-0.4, -0.2) is 32.4 Å². The van der Waals surface area contributed by atoms with Gasteiger partial charge in [0, 0.05) is 52.3 Å². The maximum Gasteiger partial charge on any atom is 0.226 e. The van der Waals surface area contributed by atoms with E-state index in [9.17, 15) is 9.59 Å². The number of hydrogen-bond donors (Lipinski definition) is 1. The molecule has 0 fully saturated rings. The lowest BCUT2D eigenvalue weighted by Crippen LogP contribution is -2.51. The molecule has 0 spiro atoms. The molecule has 0 saturated carbocycles. The van der Waals surface area contributed by atoms with Gasteiger partial charge < -0.3 is 5.32 Å². The van der Waals surface area contributed by atoms with Crippen LogP contribution in [-0.2, 0) is 9.59 Å². The van der Waals surface area contributed by atoms with E-state index in [4.69, 9.17) is 0 Å². The average molecular weight is 466 g/mol. The predicted molar refractivity (Wildman–Crippen MR) is 115 cm³/mol. The number of rotatable bonds is 9. The first-order valence-electron chi connectivity index (χ1n) is 9.13. The molecule has 148 valence electrons. The van der Waals surface area contributed by atoms with Crippen LogP contribution in [0, 0.1) is 10.8 Å². The van der Waals surface area contributed by atoms with Crippen LogP contribution < -0.4 is 5.32 Å². The number of Topliss-reactive ketones (excluding diaryl/α,β-unsaturated/α-hetero) is 1. The third-order valence-electron chi connectivity index (χ3n) is 4.31.